The molecule has 1 aliphatic carbocycles. The van der Waals surface area contributed by atoms with Crippen LogP contribution in [0.5, 0.6) is 0 Å². The Kier molecular flexibility index (Phi) is 6.53. The van der Waals surface area contributed by atoms with E-state index in [1.807, 2.05) is 13.8 Å². The molecule has 0 amide bonds. The van der Waals surface area contributed by atoms with E-state index >= 15 is 0 Å². The molecule has 0 aromatic rings. The molecule has 1 spiro atoms. The van der Waals surface area contributed by atoms with Gasteiger partial charge in [-0.1, -0.05) is 13.8 Å². The Morgan fingerprint density at radius 3 is 2.57 bits per heavy atom. The fraction of sp³-hybridized carbons (Fsp3) is 0.895. The van der Waals surface area contributed by atoms with E-state index in [0.29, 0.717) is 5.92 Å². The van der Waals surface area contributed by atoms with Crippen LogP contribution in [0.1, 0.15) is 59.3 Å². The van der Waals surface area contributed by atoms with Crippen LogP contribution in [0, 0.1) is 23.7 Å². The number of carbonyl (C=O) groups is 2. The van der Waals surface area contributed by atoms with Crippen LogP contribution in [-0.2, 0) is 33.6 Å². The first-order valence-corrected chi connectivity index (χ1v) is 9.89. The average Bonchev–Trinajstić information content (AvgIpc) is 2.84. The van der Waals surface area contributed by atoms with Gasteiger partial charge >= 0.3 is 41.5 Å². The topological polar surface area (TPSA) is 103 Å². The molecule has 0 aromatic heterocycles. The van der Waals surface area contributed by atoms with Crippen molar-refractivity contribution in [3.05, 3.63) is 0 Å². The van der Waals surface area contributed by atoms with Crippen molar-refractivity contribution in [2.75, 3.05) is 0 Å². The Morgan fingerprint density at radius 1 is 1.11 bits per heavy atom. The van der Waals surface area contributed by atoms with Crippen LogP contribution in [0.25, 0.3) is 0 Å². The molecule has 1 saturated carbocycles. The Hall–Kier alpha value is -0.220. The number of fused-ring (bicyclic) bond motifs is 2. The third kappa shape index (κ3) is 3.66. The van der Waals surface area contributed by atoms with Gasteiger partial charge in [0.1, 0.15) is 6.42 Å². The van der Waals surface area contributed by atoms with E-state index in [9.17, 15) is 9.59 Å². The first kappa shape index (κ1) is 22.5. The van der Waals surface area contributed by atoms with Crippen molar-refractivity contribution >= 4 is 11.9 Å². The molecule has 5 fully saturated rings. The van der Waals surface area contributed by atoms with Crippen molar-refractivity contribution in [3.8, 4) is 0 Å². The van der Waals surface area contributed by atoms with Gasteiger partial charge in [0, 0.05) is 23.1 Å². The summed E-state index contributed by atoms with van der Waals surface area (Å²) >= 11 is 0. The molecule has 5 rings (SSSR count). The van der Waals surface area contributed by atoms with Crippen molar-refractivity contribution in [2.24, 2.45) is 23.7 Å². The summed E-state index contributed by atoms with van der Waals surface area (Å²) in [5, 5.41) is 6.93. The van der Waals surface area contributed by atoms with Gasteiger partial charge in [0.2, 0.25) is 12.1 Å². The summed E-state index contributed by atoms with van der Waals surface area (Å²) in [6.45, 7) is 6.09. The SMILES string of the molecule is C[C@H]1[C@H](OC(=O)CCC(=O)[OH2+])O[C@@H]2OC3(C)CC[C@H]4[C@H](C)CC[C@@H]1[C@@]24OO3.[Na+]. The predicted molar refractivity (Wildman–Crippen MR) is 90.8 cm³/mol. The summed E-state index contributed by atoms with van der Waals surface area (Å²) in [6.07, 6.45) is 1.96. The monoisotopic (exact) mass is 408 g/mol. The number of carbonyl (C=O) groups excluding carboxylic acids is 2. The van der Waals surface area contributed by atoms with Crippen molar-refractivity contribution in [1.29, 1.82) is 0 Å². The van der Waals surface area contributed by atoms with Gasteiger partial charge in [-0.3, -0.25) is 4.79 Å². The molecule has 1 unspecified atom stereocenters. The van der Waals surface area contributed by atoms with E-state index in [1.54, 1.807) is 0 Å². The number of hydrogen-bond donors (Lipinski definition) is 0. The molecule has 0 aromatic carbocycles. The molecule has 4 aliphatic heterocycles. The molecule has 8 nitrogen and oxygen atoms in total. The van der Waals surface area contributed by atoms with Gasteiger partial charge in [-0.05, 0) is 38.0 Å². The van der Waals surface area contributed by atoms with Gasteiger partial charge in [0.15, 0.2) is 11.9 Å². The van der Waals surface area contributed by atoms with Crippen LogP contribution >= 0.6 is 0 Å². The second-order valence-electron chi connectivity index (χ2n) is 8.69. The first-order chi connectivity index (χ1) is 12.7. The molecule has 2 N–H and O–H groups in total. The summed E-state index contributed by atoms with van der Waals surface area (Å²) in [7, 11) is 0. The van der Waals surface area contributed by atoms with Gasteiger partial charge in [0.25, 0.3) is 0 Å². The molecular formula is C19H29NaO8+2. The van der Waals surface area contributed by atoms with Gasteiger partial charge in [0.05, 0.1) is 6.42 Å². The maximum absolute atomic E-state index is 12.1. The number of rotatable bonds is 4. The van der Waals surface area contributed by atoms with E-state index in [2.05, 4.69) is 6.92 Å². The third-order valence-corrected chi connectivity index (χ3v) is 6.90. The molecule has 28 heavy (non-hydrogen) atoms. The van der Waals surface area contributed by atoms with Crippen LogP contribution in [0.4, 0.5) is 0 Å². The van der Waals surface area contributed by atoms with E-state index in [-0.39, 0.29) is 60.2 Å². The molecule has 8 atom stereocenters. The van der Waals surface area contributed by atoms with Crippen LogP contribution in [0.15, 0.2) is 0 Å². The Labute approximate surface area is 186 Å². The Balaban J connectivity index is 0.00000225. The minimum Gasteiger partial charge on any atom is -0.565 e. The molecular weight excluding hydrogens is 379 g/mol. The normalized spacial score (nSPS) is 46.7. The maximum atomic E-state index is 12.1. The molecule has 4 heterocycles. The van der Waals surface area contributed by atoms with Gasteiger partial charge < -0.3 is 19.3 Å². The summed E-state index contributed by atoms with van der Waals surface area (Å²) in [4.78, 5) is 34.7. The standard InChI is InChI=1S/C19H28O8.Na/c1-10-4-5-13-11(2)16(23-15(22)7-6-14(20)21)24-17-19(13)12(10)8-9-18(3,25-17)26-27-19;/h10-13,16-17H,4-9H2,1-3H3,(H,20,21);/q;+1/p+1/t10-,11-,12+,13+,16-,17-,18?,19-;/m1./s1. The Bertz CT molecular complexity index is 629. The fourth-order valence-electron chi connectivity index (χ4n) is 5.41. The van der Waals surface area contributed by atoms with Gasteiger partial charge in [-0.25, -0.2) is 9.78 Å². The van der Waals surface area contributed by atoms with E-state index < -0.39 is 35.9 Å². The Morgan fingerprint density at radius 2 is 1.86 bits per heavy atom. The second kappa shape index (κ2) is 8.13. The van der Waals surface area contributed by atoms with Crippen LogP contribution in [0.3, 0.4) is 0 Å². The van der Waals surface area contributed by atoms with E-state index in [4.69, 9.17) is 29.1 Å². The molecule has 152 valence electrons. The first-order valence-electron chi connectivity index (χ1n) is 9.89. The fourth-order valence-corrected chi connectivity index (χ4v) is 5.41. The van der Waals surface area contributed by atoms with Crippen molar-refractivity contribution < 1.29 is 68.2 Å². The summed E-state index contributed by atoms with van der Waals surface area (Å²) < 4.78 is 17.8. The quantitative estimate of drug-likeness (QED) is 0.248. The number of hydrogen-bond acceptors (Lipinski definition) is 7. The number of esters is 1. The molecule has 9 heteroatoms. The molecule has 2 bridgehead atoms. The van der Waals surface area contributed by atoms with Crippen LogP contribution in [-0.4, -0.2) is 41.0 Å². The zero-order chi connectivity index (χ0) is 19.4. The average molecular weight is 408 g/mol. The predicted octanol–water partition coefficient (Wildman–Crippen LogP) is -1.23. The van der Waals surface area contributed by atoms with Crippen LogP contribution in [0.2, 0.25) is 0 Å². The van der Waals surface area contributed by atoms with Gasteiger partial charge in [-0.15, -0.1) is 0 Å². The summed E-state index contributed by atoms with van der Waals surface area (Å²) in [6, 6.07) is 0. The van der Waals surface area contributed by atoms with Crippen molar-refractivity contribution in [3.63, 3.8) is 0 Å². The summed E-state index contributed by atoms with van der Waals surface area (Å²) in [5.74, 6) is -1.48. The number of ether oxygens (including phenoxy) is 3. The van der Waals surface area contributed by atoms with E-state index in [0.717, 1.165) is 25.7 Å². The van der Waals surface area contributed by atoms with Crippen molar-refractivity contribution in [2.45, 2.75) is 83.3 Å². The smallest absolute Gasteiger partial charge is 0.565 e. The minimum atomic E-state index is -0.871. The molecule has 5 aliphatic rings. The zero-order valence-corrected chi connectivity index (χ0v) is 19.1. The van der Waals surface area contributed by atoms with Crippen LogP contribution < -0.4 is 29.6 Å². The zero-order valence-electron chi connectivity index (χ0n) is 17.1. The summed E-state index contributed by atoms with van der Waals surface area (Å²) in [5.41, 5.74) is -0.687. The minimum absolute atomic E-state index is 0. The van der Waals surface area contributed by atoms with E-state index in [1.165, 1.54) is 0 Å². The molecule has 0 radical (unpaired) electrons. The molecule has 4 saturated heterocycles. The van der Waals surface area contributed by atoms with Gasteiger partial charge in [-0.2, -0.15) is 0 Å². The van der Waals surface area contributed by atoms with Crippen molar-refractivity contribution in [1.82, 2.24) is 0 Å². The largest absolute Gasteiger partial charge is 1.00 e. The second-order valence-corrected chi connectivity index (χ2v) is 8.69. The maximum Gasteiger partial charge on any atom is 1.00 e. The third-order valence-electron chi connectivity index (χ3n) is 6.90.